The third-order valence-electron chi connectivity index (χ3n) is 4.37. The first-order valence-corrected chi connectivity index (χ1v) is 8.73. The van der Waals surface area contributed by atoms with Gasteiger partial charge in [-0.1, -0.05) is 18.5 Å². The Bertz CT molecular complexity index is 934. The highest BCUT2D eigenvalue weighted by Crippen LogP contribution is 2.33. The predicted octanol–water partition coefficient (Wildman–Crippen LogP) is 4.33. The zero-order valence-corrected chi connectivity index (χ0v) is 15.0. The average Bonchev–Trinajstić information content (AvgIpc) is 2.97. The van der Waals surface area contributed by atoms with Gasteiger partial charge in [0.25, 0.3) is 0 Å². The Morgan fingerprint density at radius 3 is 2.80 bits per heavy atom. The summed E-state index contributed by atoms with van der Waals surface area (Å²) in [6.07, 6.45) is 3.94. The summed E-state index contributed by atoms with van der Waals surface area (Å²) >= 11 is 6.11. The lowest BCUT2D eigenvalue weighted by Crippen LogP contribution is -2.07. The third kappa shape index (κ3) is 3.51. The van der Waals surface area contributed by atoms with Crippen LogP contribution in [0.15, 0.2) is 30.5 Å². The fourth-order valence-electron chi connectivity index (χ4n) is 3.19. The number of hydrogen-bond acceptors (Lipinski definition) is 3. The number of pyridine rings is 1. The number of rotatable bonds is 6. The summed E-state index contributed by atoms with van der Waals surface area (Å²) in [5, 5.41) is 14.1. The minimum atomic E-state index is -0.781. The molecule has 0 radical (unpaired) electrons. The number of nitrogens with zero attached hydrogens (tertiary/aromatic N) is 3. The Kier molecular flexibility index (Phi) is 5.04. The number of carboxylic acid groups (broad SMARTS) is 1. The van der Waals surface area contributed by atoms with Crippen molar-refractivity contribution < 1.29 is 9.90 Å². The summed E-state index contributed by atoms with van der Waals surface area (Å²) in [6.45, 7) is 4.07. The maximum atomic E-state index is 10.9. The van der Waals surface area contributed by atoms with E-state index in [0.717, 1.165) is 40.0 Å². The van der Waals surface area contributed by atoms with Gasteiger partial charge in [-0.3, -0.25) is 4.79 Å². The summed E-state index contributed by atoms with van der Waals surface area (Å²) < 4.78 is 1.97. The Hall–Kier alpha value is -2.40. The summed E-state index contributed by atoms with van der Waals surface area (Å²) in [4.78, 5) is 15.0. The van der Waals surface area contributed by atoms with Gasteiger partial charge in [-0.15, -0.1) is 0 Å². The molecule has 0 spiro atoms. The van der Waals surface area contributed by atoms with Crippen molar-refractivity contribution >= 4 is 23.1 Å². The van der Waals surface area contributed by atoms with Gasteiger partial charge in [0.15, 0.2) is 0 Å². The van der Waals surface area contributed by atoms with Gasteiger partial charge in [0.05, 0.1) is 11.2 Å². The first kappa shape index (κ1) is 17.4. The molecular formula is C19H20ClN3O2. The molecule has 1 N–H and O–H groups in total. The lowest BCUT2D eigenvalue weighted by Gasteiger charge is -2.15. The molecule has 3 aromatic heterocycles. The SMILES string of the molecule is CCc1ccc2c(-c3ccnc(Cl)c3)c(CCCC(=O)O)c(C)nn12. The summed E-state index contributed by atoms with van der Waals surface area (Å²) in [7, 11) is 0. The molecule has 0 aliphatic rings. The molecule has 0 amide bonds. The molecule has 0 fully saturated rings. The molecule has 5 nitrogen and oxygen atoms in total. The normalized spacial score (nSPS) is 11.2. The van der Waals surface area contributed by atoms with E-state index in [0.29, 0.717) is 18.0 Å². The maximum Gasteiger partial charge on any atom is 0.303 e. The van der Waals surface area contributed by atoms with E-state index in [9.17, 15) is 4.79 Å². The predicted molar refractivity (Wildman–Crippen MR) is 98.1 cm³/mol. The van der Waals surface area contributed by atoms with Crippen LogP contribution in [-0.4, -0.2) is 25.7 Å². The van der Waals surface area contributed by atoms with Gasteiger partial charge in [-0.25, -0.2) is 9.50 Å². The van der Waals surface area contributed by atoms with E-state index in [1.165, 1.54) is 0 Å². The van der Waals surface area contributed by atoms with Gasteiger partial charge in [-0.05, 0) is 61.6 Å². The Labute approximate surface area is 151 Å². The van der Waals surface area contributed by atoms with Crippen LogP contribution in [0.2, 0.25) is 5.15 Å². The topological polar surface area (TPSA) is 67.5 Å². The smallest absolute Gasteiger partial charge is 0.303 e. The first-order chi connectivity index (χ1) is 12.0. The lowest BCUT2D eigenvalue weighted by atomic mass is 9.95. The molecule has 3 heterocycles. The van der Waals surface area contributed by atoms with E-state index in [4.69, 9.17) is 21.8 Å². The van der Waals surface area contributed by atoms with E-state index in [1.807, 2.05) is 23.6 Å². The number of halogens is 1. The molecule has 0 unspecified atom stereocenters. The lowest BCUT2D eigenvalue weighted by molar-refractivity contribution is -0.137. The van der Waals surface area contributed by atoms with E-state index in [1.54, 1.807) is 6.20 Å². The number of carboxylic acids is 1. The highest BCUT2D eigenvalue weighted by atomic mass is 35.5. The van der Waals surface area contributed by atoms with Gasteiger partial charge in [0, 0.05) is 23.9 Å². The largest absolute Gasteiger partial charge is 0.481 e. The standard InChI is InChI=1S/C19H20ClN3O2/c1-3-14-7-8-16-19(13-9-10-21-17(20)11-13)15(5-4-6-18(24)25)12(2)22-23(14)16/h7-11H,3-6H2,1-2H3,(H,24,25). The molecule has 0 bridgehead atoms. The number of aryl methyl sites for hydroxylation is 2. The molecule has 3 rings (SSSR count). The second-order valence-corrected chi connectivity index (χ2v) is 6.42. The maximum absolute atomic E-state index is 10.9. The fraction of sp³-hybridized carbons (Fsp3) is 0.316. The number of hydrogen-bond donors (Lipinski definition) is 1. The highest BCUT2D eigenvalue weighted by Gasteiger charge is 2.17. The van der Waals surface area contributed by atoms with Gasteiger partial charge in [-0.2, -0.15) is 5.10 Å². The van der Waals surface area contributed by atoms with Crippen LogP contribution in [0.5, 0.6) is 0 Å². The van der Waals surface area contributed by atoms with E-state index in [2.05, 4.69) is 24.0 Å². The molecule has 0 saturated heterocycles. The summed E-state index contributed by atoms with van der Waals surface area (Å²) in [5.41, 5.74) is 6.15. The molecular weight excluding hydrogens is 338 g/mol. The van der Waals surface area contributed by atoms with Crippen molar-refractivity contribution in [2.24, 2.45) is 0 Å². The second-order valence-electron chi connectivity index (χ2n) is 6.03. The van der Waals surface area contributed by atoms with Crippen molar-refractivity contribution in [3.8, 4) is 11.1 Å². The van der Waals surface area contributed by atoms with Crippen molar-refractivity contribution in [3.63, 3.8) is 0 Å². The van der Waals surface area contributed by atoms with Gasteiger partial charge in [0.2, 0.25) is 0 Å². The molecule has 3 aromatic rings. The van der Waals surface area contributed by atoms with E-state index >= 15 is 0 Å². The molecule has 0 saturated carbocycles. The minimum Gasteiger partial charge on any atom is -0.481 e. The van der Waals surface area contributed by atoms with Crippen LogP contribution < -0.4 is 0 Å². The molecule has 25 heavy (non-hydrogen) atoms. The molecule has 0 aliphatic carbocycles. The highest BCUT2D eigenvalue weighted by molar-refractivity contribution is 6.29. The van der Waals surface area contributed by atoms with Crippen LogP contribution in [0.1, 0.15) is 36.7 Å². The van der Waals surface area contributed by atoms with Crippen LogP contribution in [0, 0.1) is 6.92 Å². The number of aromatic nitrogens is 3. The first-order valence-electron chi connectivity index (χ1n) is 8.35. The van der Waals surface area contributed by atoms with Crippen molar-refractivity contribution in [2.75, 3.05) is 0 Å². The van der Waals surface area contributed by atoms with Crippen LogP contribution in [0.3, 0.4) is 0 Å². The van der Waals surface area contributed by atoms with Crippen molar-refractivity contribution in [1.82, 2.24) is 14.6 Å². The monoisotopic (exact) mass is 357 g/mol. The number of carbonyl (C=O) groups is 1. The van der Waals surface area contributed by atoms with Gasteiger partial charge >= 0.3 is 5.97 Å². The van der Waals surface area contributed by atoms with Crippen molar-refractivity contribution in [2.45, 2.75) is 39.5 Å². The fourth-order valence-corrected chi connectivity index (χ4v) is 3.37. The summed E-state index contributed by atoms with van der Waals surface area (Å²) in [5.74, 6) is -0.781. The van der Waals surface area contributed by atoms with Gasteiger partial charge < -0.3 is 5.11 Å². The Morgan fingerprint density at radius 1 is 1.32 bits per heavy atom. The van der Waals surface area contributed by atoms with Gasteiger partial charge in [0.1, 0.15) is 5.15 Å². The molecule has 0 atom stereocenters. The van der Waals surface area contributed by atoms with Crippen molar-refractivity contribution in [1.29, 1.82) is 0 Å². The molecule has 0 aromatic carbocycles. The van der Waals surface area contributed by atoms with Crippen LogP contribution in [-0.2, 0) is 17.6 Å². The van der Waals surface area contributed by atoms with Crippen molar-refractivity contribution in [3.05, 3.63) is 52.6 Å². The average molecular weight is 358 g/mol. The minimum absolute atomic E-state index is 0.141. The van der Waals surface area contributed by atoms with Crippen LogP contribution >= 0.6 is 11.6 Å². The van der Waals surface area contributed by atoms with E-state index < -0.39 is 5.97 Å². The zero-order chi connectivity index (χ0) is 18.0. The Balaban J connectivity index is 2.20. The molecule has 130 valence electrons. The number of fused-ring (bicyclic) bond motifs is 1. The molecule has 0 aliphatic heterocycles. The summed E-state index contributed by atoms with van der Waals surface area (Å²) in [6, 6.07) is 7.92. The van der Waals surface area contributed by atoms with Crippen LogP contribution in [0.25, 0.3) is 16.6 Å². The second kappa shape index (κ2) is 7.23. The third-order valence-corrected chi connectivity index (χ3v) is 4.58. The zero-order valence-electron chi connectivity index (χ0n) is 14.3. The van der Waals surface area contributed by atoms with Crippen LogP contribution in [0.4, 0.5) is 0 Å². The Morgan fingerprint density at radius 2 is 2.12 bits per heavy atom. The van der Waals surface area contributed by atoms with E-state index in [-0.39, 0.29) is 6.42 Å². The molecule has 6 heteroatoms. The number of aliphatic carboxylic acids is 1. The quantitative estimate of drug-likeness (QED) is 0.667.